The molecule has 1 aromatic heterocycles. The number of aliphatic hydroxyl groups excluding tert-OH is 1. The van der Waals surface area contributed by atoms with E-state index < -0.39 is 0 Å². The van der Waals surface area contributed by atoms with Crippen LogP contribution in [0.25, 0.3) is 5.69 Å². The third-order valence-corrected chi connectivity index (χ3v) is 4.67. The number of tetrazole rings is 1. The second-order valence-electron chi connectivity index (χ2n) is 6.86. The Morgan fingerprint density at radius 2 is 1.96 bits per heavy atom. The van der Waals surface area contributed by atoms with E-state index >= 15 is 0 Å². The Morgan fingerprint density at radius 3 is 2.56 bits per heavy atom. The molecule has 1 saturated heterocycles. The molecule has 134 valence electrons. The summed E-state index contributed by atoms with van der Waals surface area (Å²) < 4.78 is 1.57. The predicted octanol–water partition coefficient (Wildman–Crippen LogP) is -0.167. The summed E-state index contributed by atoms with van der Waals surface area (Å²) in [4.78, 5) is 16.6. The van der Waals surface area contributed by atoms with Gasteiger partial charge in [0.05, 0.1) is 12.1 Å². The van der Waals surface area contributed by atoms with Crippen molar-refractivity contribution in [2.24, 2.45) is 11.8 Å². The Balaban J connectivity index is 1.60. The van der Waals surface area contributed by atoms with Gasteiger partial charge in [-0.2, -0.15) is 0 Å². The number of carbonyl (C=O) groups excluding carboxylic acids is 1. The molecule has 25 heavy (non-hydrogen) atoms. The van der Waals surface area contributed by atoms with Crippen molar-refractivity contribution in [1.82, 2.24) is 30.0 Å². The van der Waals surface area contributed by atoms with Crippen molar-refractivity contribution in [2.45, 2.75) is 6.42 Å². The summed E-state index contributed by atoms with van der Waals surface area (Å²) in [7, 11) is 4.04. The first-order chi connectivity index (χ1) is 12.1. The SMILES string of the molecule is CN(C)C[C@@H]1CN(C(=O)Cc2ccc(-n3cnnn3)cc2)C[C@@H]1CO. The Labute approximate surface area is 147 Å². The van der Waals surface area contributed by atoms with E-state index in [1.54, 1.807) is 4.68 Å². The van der Waals surface area contributed by atoms with E-state index in [1.807, 2.05) is 43.3 Å². The molecule has 0 aliphatic carbocycles. The maximum atomic E-state index is 12.6. The van der Waals surface area contributed by atoms with E-state index in [9.17, 15) is 9.90 Å². The molecule has 1 N–H and O–H groups in total. The third-order valence-electron chi connectivity index (χ3n) is 4.67. The summed E-state index contributed by atoms with van der Waals surface area (Å²) in [6.07, 6.45) is 1.90. The summed E-state index contributed by atoms with van der Waals surface area (Å²) >= 11 is 0. The first-order valence-electron chi connectivity index (χ1n) is 8.42. The number of aliphatic hydroxyl groups is 1. The molecule has 0 unspecified atom stereocenters. The Kier molecular flexibility index (Phi) is 5.40. The van der Waals surface area contributed by atoms with E-state index in [0.717, 1.165) is 17.8 Å². The molecule has 3 rings (SSSR count). The molecular weight excluding hydrogens is 320 g/mol. The standard InChI is InChI=1S/C17H24N6O2/c1-21(2)8-14-9-22(10-15(14)11-24)17(25)7-13-3-5-16(6-4-13)23-12-18-19-20-23/h3-6,12,14-15,24H,7-11H2,1-2H3/t14-,15-/m1/s1. The van der Waals surface area contributed by atoms with Gasteiger partial charge in [-0.3, -0.25) is 4.79 Å². The van der Waals surface area contributed by atoms with Crippen LogP contribution in [0.2, 0.25) is 0 Å². The van der Waals surface area contributed by atoms with Gasteiger partial charge in [-0.25, -0.2) is 4.68 Å². The number of rotatable bonds is 6. The van der Waals surface area contributed by atoms with E-state index in [1.165, 1.54) is 6.33 Å². The van der Waals surface area contributed by atoms with Crippen molar-refractivity contribution in [1.29, 1.82) is 0 Å². The van der Waals surface area contributed by atoms with Crippen LogP contribution in [-0.2, 0) is 11.2 Å². The predicted molar refractivity (Wildman–Crippen MR) is 92.1 cm³/mol. The van der Waals surface area contributed by atoms with E-state index in [0.29, 0.717) is 25.4 Å². The number of benzene rings is 1. The Hall–Kier alpha value is -2.32. The molecule has 8 heteroatoms. The molecule has 1 amide bonds. The highest BCUT2D eigenvalue weighted by atomic mass is 16.3. The summed E-state index contributed by atoms with van der Waals surface area (Å²) in [6.45, 7) is 2.36. The second kappa shape index (κ2) is 7.71. The van der Waals surface area contributed by atoms with E-state index in [-0.39, 0.29) is 18.4 Å². The molecule has 8 nitrogen and oxygen atoms in total. The highest BCUT2D eigenvalue weighted by Crippen LogP contribution is 2.24. The van der Waals surface area contributed by atoms with Crippen LogP contribution in [0.5, 0.6) is 0 Å². The first-order valence-corrected chi connectivity index (χ1v) is 8.42. The highest BCUT2D eigenvalue weighted by Gasteiger charge is 2.34. The van der Waals surface area contributed by atoms with Gasteiger partial charge in [0.25, 0.3) is 0 Å². The van der Waals surface area contributed by atoms with Crippen molar-refractivity contribution in [3.05, 3.63) is 36.2 Å². The number of carbonyl (C=O) groups is 1. The zero-order valence-corrected chi connectivity index (χ0v) is 14.6. The molecule has 0 spiro atoms. The van der Waals surface area contributed by atoms with Gasteiger partial charge in [0.2, 0.25) is 5.91 Å². The van der Waals surface area contributed by atoms with Crippen LogP contribution >= 0.6 is 0 Å². The lowest BCUT2D eigenvalue weighted by atomic mass is 9.97. The molecule has 1 aliphatic heterocycles. The van der Waals surface area contributed by atoms with Crippen LogP contribution in [0.1, 0.15) is 5.56 Å². The van der Waals surface area contributed by atoms with E-state index in [4.69, 9.17) is 0 Å². The average molecular weight is 344 g/mol. The number of nitrogens with zero attached hydrogens (tertiary/aromatic N) is 6. The third kappa shape index (κ3) is 4.21. The molecule has 0 bridgehead atoms. The summed E-state index contributed by atoms with van der Waals surface area (Å²) in [5, 5.41) is 20.7. The van der Waals surface area contributed by atoms with Crippen molar-refractivity contribution < 1.29 is 9.90 Å². The fourth-order valence-corrected chi connectivity index (χ4v) is 3.36. The van der Waals surface area contributed by atoms with Gasteiger partial charge in [-0.15, -0.1) is 5.10 Å². The highest BCUT2D eigenvalue weighted by molar-refractivity contribution is 5.79. The quantitative estimate of drug-likeness (QED) is 0.783. The van der Waals surface area contributed by atoms with Gasteiger partial charge in [0.1, 0.15) is 6.33 Å². The topological polar surface area (TPSA) is 87.4 Å². The van der Waals surface area contributed by atoms with Crippen LogP contribution in [0.4, 0.5) is 0 Å². The fourth-order valence-electron chi connectivity index (χ4n) is 3.36. The largest absolute Gasteiger partial charge is 0.396 e. The molecule has 1 fully saturated rings. The minimum absolute atomic E-state index is 0.106. The van der Waals surface area contributed by atoms with Crippen molar-refractivity contribution >= 4 is 5.91 Å². The second-order valence-corrected chi connectivity index (χ2v) is 6.86. The maximum absolute atomic E-state index is 12.6. The van der Waals surface area contributed by atoms with Gasteiger partial charge in [0, 0.05) is 32.2 Å². The summed E-state index contributed by atoms with van der Waals surface area (Å²) in [6, 6.07) is 7.64. The van der Waals surface area contributed by atoms with Gasteiger partial charge >= 0.3 is 0 Å². The van der Waals surface area contributed by atoms with Crippen LogP contribution in [0, 0.1) is 11.8 Å². The zero-order chi connectivity index (χ0) is 17.8. The van der Waals surface area contributed by atoms with Crippen molar-refractivity contribution in [2.75, 3.05) is 40.3 Å². The normalized spacial score (nSPS) is 20.4. The Bertz CT molecular complexity index is 686. The summed E-state index contributed by atoms with van der Waals surface area (Å²) in [5.41, 5.74) is 1.81. The molecular formula is C17H24N6O2. The van der Waals surface area contributed by atoms with E-state index in [2.05, 4.69) is 20.4 Å². The summed E-state index contributed by atoms with van der Waals surface area (Å²) in [5.74, 6) is 0.592. The van der Waals surface area contributed by atoms with Gasteiger partial charge in [-0.05, 0) is 48.1 Å². The van der Waals surface area contributed by atoms with Crippen molar-refractivity contribution in [3.63, 3.8) is 0 Å². The molecule has 0 saturated carbocycles. The van der Waals surface area contributed by atoms with Crippen LogP contribution in [-0.4, -0.2) is 81.4 Å². The molecule has 1 aromatic carbocycles. The van der Waals surface area contributed by atoms with Gasteiger partial charge in [-0.1, -0.05) is 12.1 Å². The number of hydrogen-bond acceptors (Lipinski definition) is 6. The molecule has 0 radical (unpaired) electrons. The minimum atomic E-state index is 0.106. The Morgan fingerprint density at radius 1 is 1.24 bits per heavy atom. The number of hydrogen-bond donors (Lipinski definition) is 1. The van der Waals surface area contributed by atoms with Crippen molar-refractivity contribution in [3.8, 4) is 5.69 Å². The monoisotopic (exact) mass is 344 g/mol. The van der Waals surface area contributed by atoms with Crippen LogP contribution < -0.4 is 0 Å². The van der Waals surface area contributed by atoms with Crippen LogP contribution in [0.15, 0.2) is 30.6 Å². The lowest BCUT2D eigenvalue weighted by molar-refractivity contribution is -0.129. The lowest BCUT2D eigenvalue weighted by Gasteiger charge is -2.20. The fraction of sp³-hybridized carbons (Fsp3) is 0.529. The number of aromatic nitrogens is 4. The smallest absolute Gasteiger partial charge is 0.227 e. The first kappa shape index (κ1) is 17.5. The average Bonchev–Trinajstić information content (AvgIpc) is 3.24. The van der Waals surface area contributed by atoms with Crippen LogP contribution in [0.3, 0.4) is 0 Å². The molecule has 2 heterocycles. The minimum Gasteiger partial charge on any atom is -0.396 e. The molecule has 2 atom stereocenters. The van der Waals surface area contributed by atoms with Gasteiger partial charge in [0.15, 0.2) is 0 Å². The lowest BCUT2D eigenvalue weighted by Crippen LogP contribution is -2.31. The maximum Gasteiger partial charge on any atom is 0.227 e. The zero-order valence-electron chi connectivity index (χ0n) is 14.6. The number of amides is 1. The molecule has 2 aromatic rings. The number of likely N-dealkylation sites (tertiary alicyclic amines) is 1. The molecule has 1 aliphatic rings. The van der Waals surface area contributed by atoms with Gasteiger partial charge < -0.3 is 14.9 Å².